The third kappa shape index (κ3) is 3.54. The number of thiophene rings is 1. The Kier molecular flexibility index (Phi) is 4.68. The third-order valence-electron chi connectivity index (χ3n) is 5.14. The number of H-pyrrole nitrogens is 1. The van der Waals surface area contributed by atoms with Crippen LogP contribution < -0.4 is 4.90 Å². The number of aromatic amines is 1. The van der Waals surface area contributed by atoms with Crippen molar-refractivity contribution in [2.75, 3.05) is 11.4 Å². The summed E-state index contributed by atoms with van der Waals surface area (Å²) in [7, 11) is 0. The van der Waals surface area contributed by atoms with Gasteiger partial charge in [-0.25, -0.2) is 15.0 Å². The van der Waals surface area contributed by atoms with Crippen molar-refractivity contribution in [1.82, 2.24) is 34.7 Å². The molecule has 0 spiro atoms. The first kappa shape index (κ1) is 19.9. The van der Waals surface area contributed by atoms with Crippen LogP contribution in [0, 0.1) is 6.92 Å². The molecule has 0 bridgehead atoms. The van der Waals surface area contributed by atoms with Crippen molar-refractivity contribution in [2.45, 2.75) is 46.0 Å². The second-order valence-electron chi connectivity index (χ2n) is 7.48. The van der Waals surface area contributed by atoms with E-state index in [1.54, 1.807) is 17.5 Å². The van der Waals surface area contributed by atoms with Crippen LogP contribution in [0.4, 0.5) is 19.0 Å². The summed E-state index contributed by atoms with van der Waals surface area (Å²) < 4.78 is 40.7. The fraction of sp³-hybridized carbons (Fsp3) is 0.421. The van der Waals surface area contributed by atoms with Gasteiger partial charge in [0.1, 0.15) is 10.6 Å². The van der Waals surface area contributed by atoms with Crippen molar-refractivity contribution in [3.05, 3.63) is 34.5 Å². The molecule has 8 nitrogen and oxygen atoms in total. The first-order valence-electron chi connectivity index (χ1n) is 9.90. The molecule has 1 aliphatic rings. The molecule has 0 aliphatic carbocycles. The van der Waals surface area contributed by atoms with Crippen molar-refractivity contribution in [3.8, 4) is 11.6 Å². The van der Waals surface area contributed by atoms with Crippen LogP contribution in [-0.4, -0.2) is 41.2 Å². The molecule has 1 N–H and O–H groups in total. The summed E-state index contributed by atoms with van der Waals surface area (Å²) in [4.78, 5) is 20.9. The van der Waals surface area contributed by atoms with Crippen LogP contribution in [-0.2, 0) is 25.7 Å². The van der Waals surface area contributed by atoms with Gasteiger partial charge in [0.2, 0.25) is 5.82 Å². The van der Waals surface area contributed by atoms with Gasteiger partial charge in [-0.3, -0.25) is 0 Å². The minimum Gasteiger partial charge on any atom is -0.347 e. The van der Waals surface area contributed by atoms with Crippen molar-refractivity contribution in [1.29, 1.82) is 0 Å². The molecule has 0 atom stereocenters. The standard InChI is InChI=1S/C19H19F3N8S/c1-3-4-11-7-12-16(25-15(26-17(12)31-11)14-23-8-10(2)24-14)29-5-6-30-13(9-29)27-28-18(30)19(20,21)22/h7-8H,3-6,9H2,1-2H3,(H,23,24). The van der Waals surface area contributed by atoms with E-state index in [9.17, 15) is 13.2 Å². The number of aryl methyl sites for hydroxylation is 2. The number of imidazole rings is 1. The Morgan fingerprint density at radius 3 is 2.74 bits per heavy atom. The highest BCUT2D eigenvalue weighted by Gasteiger charge is 2.39. The third-order valence-corrected chi connectivity index (χ3v) is 6.23. The minimum atomic E-state index is -4.53. The summed E-state index contributed by atoms with van der Waals surface area (Å²) >= 11 is 1.61. The number of nitrogens with one attached hydrogen (secondary N) is 1. The van der Waals surface area contributed by atoms with Gasteiger partial charge in [0.05, 0.1) is 11.9 Å². The van der Waals surface area contributed by atoms with Gasteiger partial charge in [-0.2, -0.15) is 13.2 Å². The molecule has 0 radical (unpaired) electrons. The zero-order chi connectivity index (χ0) is 21.8. The number of nitrogens with zero attached hydrogens (tertiary/aromatic N) is 7. The van der Waals surface area contributed by atoms with Crippen LogP contribution >= 0.6 is 11.3 Å². The average molecular weight is 448 g/mol. The molecule has 0 saturated carbocycles. The largest absolute Gasteiger partial charge is 0.451 e. The van der Waals surface area contributed by atoms with E-state index in [1.807, 2.05) is 11.8 Å². The van der Waals surface area contributed by atoms with E-state index in [0.717, 1.165) is 33.3 Å². The second kappa shape index (κ2) is 7.29. The SMILES string of the molecule is CCCc1cc2c(N3CCn4c(nnc4C(F)(F)F)C3)nc(-c3ncc(C)[nH]3)nc2s1. The lowest BCUT2D eigenvalue weighted by Gasteiger charge is -2.29. The zero-order valence-corrected chi connectivity index (χ0v) is 17.7. The van der Waals surface area contributed by atoms with Crippen molar-refractivity contribution in [2.24, 2.45) is 0 Å². The maximum absolute atomic E-state index is 13.2. The number of halogens is 3. The number of alkyl halides is 3. The highest BCUT2D eigenvalue weighted by molar-refractivity contribution is 7.18. The molecule has 162 valence electrons. The first-order valence-corrected chi connectivity index (χ1v) is 10.7. The molecule has 4 aromatic rings. The number of fused-ring (bicyclic) bond motifs is 2. The Labute approximate surface area is 179 Å². The molecule has 1 aliphatic heterocycles. The Morgan fingerprint density at radius 2 is 2.03 bits per heavy atom. The van der Waals surface area contributed by atoms with E-state index in [2.05, 4.69) is 33.2 Å². The van der Waals surface area contributed by atoms with Gasteiger partial charge in [0.25, 0.3) is 0 Å². The van der Waals surface area contributed by atoms with E-state index in [0.29, 0.717) is 24.0 Å². The maximum Gasteiger partial charge on any atom is 0.451 e. The van der Waals surface area contributed by atoms with Crippen LogP contribution in [0.25, 0.3) is 21.9 Å². The van der Waals surface area contributed by atoms with Gasteiger partial charge in [-0.1, -0.05) is 13.3 Å². The van der Waals surface area contributed by atoms with E-state index >= 15 is 0 Å². The Balaban J connectivity index is 1.59. The van der Waals surface area contributed by atoms with Gasteiger partial charge < -0.3 is 14.5 Å². The number of hydrogen-bond donors (Lipinski definition) is 1. The summed E-state index contributed by atoms with van der Waals surface area (Å²) in [6, 6.07) is 2.08. The van der Waals surface area contributed by atoms with Gasteiger partial charge in [-0.05, 0) is 19.4 Å². The number of aromatic nitrogens is 7. The highest BCUT2D eigenvalue weighted by Crippen LogP contribution is 2.36. The maximum atomic E-state index is 13.2. The van der Waals surface area contributed by atoms with Crippen LogP contribution in [0.3, 0.4) is 0 Å². The molecular formula is C19H19F3N8S. The lowest BCUT2D eigenvalue weighted by atomic mass is 10.2. The van der Waals surface area contributed by atoms with Crippen LogP contribution in [0.2, 0.25) is 0 Å². The molecule has 0 saturated heterocycles. The second-order valence-corrected chi connectivity index (χ2v) is 8.59. The first-order chi connectivity index (χ1) is 14.8. The lowest BCUT2D eigenvalue weighted by Crippen LogP contribution is -2.36. The molecule has 4 aromatic heterocycles. The molecule has 5 rings (SSSR count). The van der Waals surface area contributed by atoms with Crippen LogP contribution in [0.5, 0.6) is 0 Å². The Morgan fingerprint density at radius 1 is 1.19 bits per heavy atom. The van der Waals surface area contributed by atoms with Crippen molar-refractivity contribution in [3.63, 3.8) is 0 Å². The zero-order valence-electron chi connectivity index (χ0n) is 16.9. The van der Waals surface area contributed by atoms with Crippen molar-refractivity contribution >= 4 is 27.4 Å². The highest BCUT2D eigenvalue weighted by atomic mass is 32.1. The Hall–Kier alpha value is -3.02. The summed E-state index contributed by atoms with van der Waals surface area (Å²) in [6.07, 6.45) is -0.879. The number of rotatable bonds is 4. The monoisotopic (exact) mass is 448 g/mol. The fourth-order valence-electron chi connectivity index (χ4n) is 3.75. The van der Waals surface area contributed by atoms with E-state index in [4.69, 9.17) is 9.97 Å². The van der Waals surface area contributed by atoms with Crippen LogP contribution in [0.1, 0.15) is 35.6 Å². The predicted octanol–water partition coefficient (Wildman–Crippen LogP) is 3.97. The molecule has 12 heteroatoms. The summed E-state index contributed by atoms with van der Waals surface area (Å²) in [6.45, 7) is 4.68. The average Bonchev–Trinajstić information content (AvgIpc) is 3.43. The number of anilines is 1. The van der Waals surface area contributed by atoms with Crippen molar-refractivity contribution < 1.29 is 13.2 Å². The van der Waals surface area contributed by atoms with Crippen LogP contribution in [0.15, 0.2) is 12.3 Å². The smallest absolute Gasteiger partial charge is 0.347 e. The van der Waals surface area contributed by atoms with Gasteiger partial charge in [-0.15, -0.1) is 21.5 Å². The summed E-state index contributed by atoms with van der Waals surface area (Å²) in [5.41, 5.74) is 0.892. The van der Waals surface area contributed by atoms with E-state index < -0.39 is 12.0 Å². The summed E-state index contributed by atoms with van der Waals surface area (Å²) in [5.74, 6) is 1.01. The normalized spacial score (nSPS) is 14.4. The van der Waals surface area contributed by atoms with E-state index in [-0.39, 0.29) is 18.9 Å². The molecule has 0 unspecified atom stereocenters. The molecule has 0 amide bonds. The quantitative estimate of drug-likeness (QED) is 0.508. The molecule has 5 heterocycles. The van der Waals surface area contributed by atoms with Gasteiger partial charge in [0.15, 0.2) is 17.5 Å². The molecular weight excluding hydrogens is 429 g/mol. The predicted molar refractivity (Wildman–Crippen MR) is 110 cm³/mol. The number of hydrogen-bond acceptors (Lipinski definition) is 7. The molecule has 0 aromatic carbocycles. The molecule has 0 fully saturated rings. The minimum absolute atomic E-state index is 0.129. The lowest BCUT2D eigenvalue weighted by molar-refractivity contribution is -0.147. The van der Waals surface area contributed by atoms with E-state index in [1.165, 1.54) is 4.88 Å². The van der Waals surface area contributed by atoms with Gasteiger partial charge in [0, 0.05) is 29.9 Å². The van der Waals surface area contributed by atoms with Gasteiger partial charge >= 0.3 is 6.18 Å². The Bertz CT molecular complexity index is 1260. The fourth-order valence-corrected chi connectivity index (χ4v) is 4.87. The molecule has 31 heavy (non-hydrogen) atoms. The summed E-state index contributed by atoms with van der Waals surface area (Å²) in [5, 5.41) is 8.05. The topological polar surface area (TPSA) is 88.4 Å².